The Hall–Kier alpha value is -2.47. The maximum absolute atomic E-state index is 12.9. The summed E-state index contributed by atoms with van der Waals surface area (Å²) in [7, 11) is 0. The van der Waals surface area contributed by atoms with Gasteiger partial charge in [0.2, 0.25) is 5.89 Å². The van der Waals surface area contributed by atoms with Crippen molar-refractivity contribution in [2.75, 3.05) is 6.61 Å². The molecular weight excluding hydrogens is 289 g/mol. The predicted octanol–water partition coefficient (Wildman–Crippen LogP) is 3.12. The molecule has 0 aliphatic carbocycles. The second kappa shape index (κ2) is 7.51. The summed E-state index contributed by atoms with van der Waals surface area (Å²) in [6, 6.07) is 5.75. The fraction of sp³-hybridized carbons (Fsp3) is 0.250. The summed E-state index contributed by atoms with van der Waals surface area (Å²) in [6.07, 6.45) is 2.26. The lowest BCUT2D eigenvalue weighted by atomic mass is 10.2. The lowest BCUT2D eigenvalue weighted by Crippen LogP contribution is -2.23. The molecule has 0 aliphatic rings. The highest BCUT2D eigenvalue weighted by molar-refractivity contribution is 5.74. The number of oxazole rings is 1. The molecular formula is C16H16FNO4. The molecule has 2 rings (SSSR count). The van der Waals surface area contributed by atoms with Gasteiger partial charge in [-0.05, 0) is 31.2 Å². The van der Waals surface area contributed by atoms with E-state index in [1.807, 2.05) is 0 Å². The Morgan fingerprint density at radius 3 is 2.86 bits per heavy atom. The van der Waals surface area contributed by atoms with Crippen LogP contribution in [0.3, 0.4) is 0 Å². The first kappa shape index (κ1) is 15.9. The minimum atomic E-state index is -0.679. The van der Waals surface area contributed by atoms with Gasteiger partial charge in [0.15, 0.2) is 6.10 Å². The second-order valence-electron chi connectivity index (χ2n) is 4.52. The number of nitrogens with zero attached hydrogens (tertiary/aromatic N) is 1. The molecule has 1 unspecified atom stereocenters. The standard InChI is InChI=1S/C16H16FNO4/c1-3-8-20-11(2)16(19)22-10-14-9-21-15(18-14)12-4-6-13(17)7-5-12/h3-7,9,11H,1,8,10H2,2H3. The van der Waals surface area contributed by atoms with Crippen molar-refractivity contribution in [1.29, 1.82) is 0 Å². The molecule has 0 spiro atoms. The number of halogens is 1. The van der Waals surface area contributed by atoms with Crippen LogP contribution in [0.1, 0.15) is 12.6 Å². The lowest BCUT2D eigenvalue weighted by Gasteiger charge is -2.10. The van der Waals surface area contributed by atoms with Crippen molar-refractivity contribution in [3.63, 3.8) is 0 Å². The summed E-state index contributed by atoms with van der Waals surface area (Å²) in [4.78, 5) is 15.8. The molecule has 0 bridgehead atoms. The molecule has 5 nitrogen and oxygen atoms in total. The summed E-state index contributed by atoms with van der Waals surface area (Å²) >= 11 is 0. The SMILES string of the molecule is C=CCOC(C)C(=O)OCc1coc(-c2ccc(F)cc2)n1. The highest BCUT2D eigenvalue weighted by Gasteiger charge is 2.15. The maximum atomic E-state index is 12.9. The van der Waals surface area contributed by atoms with Crippen LogP contribution < -0.4 is 0 Å². The van der Waals surface area contributed by atoms with Crippen molar-refractivity contribution in [1.82, 2.24) is 4.98 Å². The Labute approximate surface area is 127 Å². The average Bonchev–Trinajstić information content (AvgIpc) is 2.99. The van der Waals surface area contributed by atoms with E-state index in [0.29, 0.717) is 17.1 Å². The highest BCUT2D eigenvalue weighted by atomic mass is 19.1. The van der Waals surface area contributed by atoms with Crippen molar-refractivity contribution >= 4 is 5.97 Å². The van der Waals surface area contributed by atoms with E-state index in [1.165, 1.54) is 18.4 Å². The molecule has 2 aromatic rings. The maximum Gasteiger partial charge on any atom is 0.335 e. The largest absolute Gasteiger partial charge is 0.457 e. The molecule has 1 aromatic heterocycles. The molecule has 0 radical (unpaired) electrons. The molecule has 22 heavy (non-hydrogen) atoms. The van der Waals surface area contributed by atoms with E-state index < -0.39 is 12.1 Å². The van der Waals surface area contributed by atoms with Crippen molar-refractivity contribution in [2.45, 2.75) is 19.6 Å². The van der Waals surface area contributed by atoms with Gasteiger partial charge in [0, 0.05) is 5.56 Å². The number of carbonyl (C=O) groups excluding carboxylic acids is 1. The highest BCUT2D eigenvalue weighted by Crippen LogP contribution is 2.19. The van der Waals surface area contributed by atoms with Crippen LogP contribution in [0.25, 0.3) is 11.5 Å². The second-order valence-corrected chi connectivity index (χ2v) is 4.52. The first-order chi connectivity index (χ1) is 10.6. The Kier molecular flexibility index (Phi) is 5.43. The number of rotatable bonds is 7. The van der Waals surface area contributed by atoms with Gasteiger partial charge in [-0.25, -0.2) is 14.2 Å². The molecule has 0 saturated heterocycles. The predicted molar refractivity (Wildman–Crippen MR) is 77.3 cm³/mol. The molecule has 6 heteroatoms. The number of ether oxygens (including phenoxy) is 2. The molecule has 1 heterocycles. The Morgan fingerprint density at radius 2 is 2.18 bits per heavy atom. The molecule has 1 aromatic carbocycles. The van der Waals surface area contributed by atoms with Gasteiger partial charge < -0.3 is 13.9 Å². The van der Waals surface area contributed by atoms with Gasteiger partial charge in [-0.2, -0.15) is 0 Å². The van der Waals surface area contributed by atoms with E-state index in [0.717, 1.165) is 0 Å². The number of benzene rings is 1. The van der Waals surface area contributed by atoms with Gasteiger partial charge in [0.25, 0.3) is 0 Å². The molecule has 0 fully saturated rings. The summed E-state index contributed by atoms with van der Waals surface area (Å²) in [5.74, 6) is -0.492. The minimum Gasteiger partial charge on any atom is -0.457 e. The lowest BCUT2D eigenvalue weighted by molar-refractivity contribution is -0.156. The van der Waals surface area contributed by atoms with Crippen LogP contribution in [-0.4, -0.2) is 23.7 Å². The normalized spacial score (nSPS) is 11.9. The third kappa shape index (κ3) is 4.26. The molecule has 1 atom stereocenters. The molecule has 116 valence electrons. The van der Waals surface area contributed by atoms with Crippen LogP contribution in [0.5, 0.6) is 0 Å². The zero-order valence-corrected chi connectivity index (χ0v) is 12.1. The fourth-order valence-corrected chi connectivity index (χ4v) is 1.64. The third-order valence-electron chi connectivity index (χ3n) is 2.80. The third-order valence-corrected chi connectivity index (χ3v) is 2.80. The van der Waals surface area contributed by atoms with E-state index in [1.54, 1.807) is 25.1 Å². The van der Waals surface area contributed by atoms with E-state index >= 15 is 0 Å². The van der Waals surface area contributed by atoms with Gasteiger partial charge in [0.05, 0.1) is 6.61 Å². The first-order valence-corrected chi connectivity index (χ1v) is 6.69. The van der Waals surface area contributed by atoms with Crippen LogP contribution in [-0.2, 0) is 20.9 Å². The number of hydrogen-bond acceptors (Lipinski definition) is 5. The molecule has 0 amide bonds. The van der Waals surface area contributed by atoms with Crippen LogP contribution in [0.4, 0.5) is 4.39 Å². The summed E-state index contributed by atoms with van der Waals surface area (Å²) < 4.78 is 28.4. The number of carbonyl (C=O) groups is 1. The Bertz CT molecular complexity index is 636. The Balaban J connectivity index is 1.91. The van der Waals surface area contributed by atoms with Gasteiger partial charge in [0.1, 0.15) is 24.4 Å². The average molecular weight is 305 g/mol. The summed E-state index contributed by atoms with van der Waals surface area (Å²) in [5, 5.41) is 0. The van der Waals surface area contributed by atoms with Gasteiger partial charge in [-0.3, -0.25) is 0 Å². The zero-order valence-electron chi connectivity index (χ0n) is 12.1. The van der Waals surface area contributed by atoms with Crippen molar-refractivity contribution in [2.24, 2.45) is 0 Å². The van der Waals surface area contributed by atoms with Gasteiger partial charge >= 0.3 is 5.97 Å². The zero-order chi connectivity index (χ0) is 15.9. The number of esters is 1. The van der Waals surface area contributed by atoms with Crippen molar-refractivity contribution in [3.05, 3.63) is 54.7 Å². The van der Waals surface area contributed by atoms with Crippen LogP contribution in [0.15, 0.2) is 47.6 Å². The van der Waals surface area contributed by atoms with E-state index in [9.17, 15) is 9.18 Å². The quantitative estimate of drug-likeness (QED) is 0.581. The van der Waals surface area contributed by atoms with Crippen LogP contribution in [0, 0.1) is 5.82 Å². The van der Waals surface area contributed by atoms with E-state index in [-0.39, 0.29) is 19.0 Å². The summed E-state index contributed by atoms with van der Waals surface area (Å²) in [6.45, 7) is 5.35. The fourth-order valence-electron chi connectivity index (χ4n) is 1.64. The van der Waals surface area contributed by atoms with Gasteiger partial charge in [-0.1, -0.05) is 6.08 Å². The Morgan fingerprint density at radius 1 is 1.45 bits per heavy atom. The van der Waals surface area contributed by atoms with Crippen molar-refractivity contribution in [3.8, 4) is 11.5 Å². The molecule has 0 aliphatic heterocycles. The van der Waals surface area contributed by atoms with Crippen molar-refractivity contribution < 1.29 is 23.1 Å². The first-order valence-electron chi connectivity index (χ1n) is 6.69. The minimum absolute atomic E-state index is 0.0225. The smallest absolute Gasteiger partial charge is 0.335 e. The van der Waals surface area contributed by atoms with Gasteiger partial charge in [-0.15, -0.1) is 6.58 Å². The topological polar surface area (TPSA) is 61.6 Å². The van der Waals surface area contributed by atoms with Crippen LogP contribution >= 0.6 is 0 Å². The van der Waals surface area contributed by atoms with E-state index in [2.05, 4.69) is 11.6 Å². The van der Waals surface area contributed by atoms with E-state index in [4.69, 9.17) is 13.9 Å². The number of aromatic nitrogens is 1. The number of hydrogen-bond donors (Lipinski definition) is 0. The molecule has 0 N–H and O–H groups in total. The van der Waals surface area contributed by atoms with Crippen LogP contribution in [0.2, 0.25) is 0 Å². The summed E-state index contributed by atoms with van der Waals surface area (Å²) in [5.41, 5.74) is 1.10. The molecule has 0 saturated carbocycles. The monoisotopic (exact) mass is 305 g/mol.